The lowest BCUT2D eigenvalue weighted by Gasteiger charge is -2.21. The van der Waals surface area contributed by atoms with E-state index in [1.165, 1.54) is 6.07 Å². The number of hydrazine groups is 1. The van der Waals surface area contributed by atoms with E-state index in [2.05, 4.69) is 10.5 Å². The van der Waals surface area contributed by atoms with E-state index >= 15 is 0 Å². The summed E-state index contributed by atoms with van der Waals surface area (Å²) in [6.45, 7) is 0. The lowest BCUT2D eigenvalue weighted by atomic mass is 9.91. The van der Waals surface area contributed by atoms with Crippen molar-refractivity contribution in [1.29, 1.82) is 0 Å². The monoisotopic (exact) mass is 396 g/mol. The van der Waals surface area contributed by atoms with Crippen LogP contribution in [0.1, 0.15) is 22.3 Å². The summed E-state index contributed by atoms with van der Waals surface area (Å²) >= 11 is 0.474. The molecule has 0 fully saturated rings. The van der Waals surface area contributed by atoms with Crippen molar-refractivity contribution in [3.8, 4) is 11.1 Å². The second-order valence-corrected chi connectivity index (χ2v) is 6.86. The molecule has 2 aromatic carbocycles. The fraction of sp³-hybridized carbons (Fsp3) is 0.235. The number of amidine groups is 1. The maximum atomic E-state index is 13.5. The standard InChI is InChI=1S/C17H19F3N6S/c18-17(19,20)13-5-4-11(14(15(13)27-24)16(25-22)26-23)10-3-1-2-8-6-9(21)7-12(8)10/h1-5,9H,6-7,21-24H2,(H,25,26). The summed E-state index contributed by atoms with van der Waals surface area (Å²) in [6, 6.07) is 8.01. The van der Waals surface area contributed by atoms with Gasteiger partial charge in [-0.2, -0.15) is 18.3 Å². The van der Waals surface area contributed by atoms with Crippen LogP contribution < -0.4 is 28.0 Å². The number of hydrogen-bond acceptors (Lipinski definition) is 6. The van der Waals surface area contributed by atoms with E-state index in [-0.39, 0.29) is 22.3 Å². The molecule has 0 aliphatic heterocycles. The third-order valence-corrected chi connectivity index (χ3v) is 5.25. The van der Waals surface area contributed by atoms with Gasteiger partial charge in [-0.25, -0.2) is 5.84 Å². The number of nitrogens with two attached hydrogens (primary N) is 4. The third-order valence-electron chi connectivity index (χ3n) is 4.60. The maximum Gasteiger partial charge on any atom is 0.417 e. The first-order valence-electron chi connectivity index (χ1n) is 8.04. The maximum absolute atomic E-state index is 13.5. The van der Waals surface area contributed by atoms with Crippen molar-refractivity contribution in [3.05, 3.63) is 52.6 Å². The van der Waals surface area contributed by atoms with Crippen molar-refractivity contribution in [2.75, 3.05) is 0 Å². The SMILES string of the molecule is N/N=C(\NN)c1c(-c2cccc3c2CC(N)C3)ccc(C(F)(F)F)c1SN. The van der Waals surface area contributed by atoms with Crippen LogP contribution in [0.5, 0.6) is 0 Å². The van der Waals surface area contributed by atoms with Crippen molar-refractivity contribution in [3.63, 3.8) is 0 Å². The zero-order chi connectivity index (χ0) is 19.8. The fourth-order valence-electron chi connectivity index (χ4n) is 3.50. The van der Waals surface area contributed by atoms with Crippen LogP contribution in [0, 0.1) is 0 Å². The minimum atomic E-state index is -4.59. The van der Waals surface area contributed by atoms with Crippen LogP contribution >= 0.6 is 11.9 Å². The highest BCUT2D eigenvalue weighted by Crippen LogP contribution is 2.42. The zero-order valence-electron chi connectivity index (χ0n) is 14.2. The number of hydrazone groups is 1. The molecule has 0 bridgehead atoms. The van der Waals surface area contributed by atoms with Crippen molar-refractivity contribution in [1.82, 2.24) is 5.43 Å². The molecular weight excluding hydrogens is 377 g/mol. The van der Waals surface area contributed by atoms with E-state index in [1.54, 1.807) is 0 Å². The molecule has 10 heteroatoms. The van der Waals surface area contributed by atoms with Crippen LogP contribution in [0.2, 0.25) is 0 Å². The van der Waals surface area contributed by atoms with Crippen molar-refractivity contribution < 1.29 is 13.2 Å². The van der Waals surface area contributed by atoms with Gasteiger partial charge in [0.25, 0.3) is 0 Å². The summed E-state index contributed by atoms with van der Waals surface area (Å²) in [5, 5.41) is 9.13. The Kier molecular flexibility index (Phi) is 5.33. The number of rotatable bonds is 3. The average Bonchev–Trinajstić information content (AvgIpc) is 3.01. The van der Waals surface area contributed by atoms with Gasteiger partial charge in [0.05, 0.1) is 5.56 Å². The molecule has 1 atom stereocenters. The van der Waals surface area contributed by atoms with Gasteiger partial charge in [0, 0.05) is 16.5 Å². The van der Waals surface area contributed by atoms with Gasteiger partial charge in [-0.1, -0.05) is 24.3 Å². The quantitative estimate of drug-likeness (QED) is 0.177. The van der Waals surface area contributed by atoms with Crippen LogP contribution in [0.25, 0.3) is 11.1 Å². The van der Waals surface area contributed by atoms with E-state index in [0.29, 0.717) is 30.4 Å². The second-order valence-electron chi connectivity index (χ2n) is 6.21. The first-order chi connectivity index (χ1) is 12.8. The highest BCUT2D eigenvalue weighted by atomic mass is 32.2. The van der Waals surface area contributed by atoms with Crippen LogP contribution in [0.3, 0.4) is 0 Å². The van der Waals surface area contributed by atoms with Gasteiger partial charge in [0.2, 0.25) is 0 Å². The molecule has 0 amide bonds. The Morgan fingerprint density at radius 1 is 1.15 bits per heavy atom. The van der Waals surface area contributed by atoms with E-state index in [1.807, 2.05) is 18.2 Å². The predicted octanol–water partition coefficient (Wildman–Crippen LogP) is 1.85. The number of alkyl halides is 3. The van der Waals surface area contributed by atoms with E-state index in [4.69, 9.17) is 22.6 Å². The Hall–Kier alpha value is -2.27. The first kappa shape index (κ1) is 19.5. The molecule has 3 rings (SSSR count). The normalized spacial score (nSPS) is 17.1. The minimum Gasteiger partial charge on any atom is -0.327 e. The first-order valence-corrected chi connectivity index (χ1v) is 8.92. The molecule has 6 nitrogen and oxygen atoms in total. The topological polar surface area (TPSA) is 128 Å². The average molecular weight is 396 g/mol. The molecule has 0 saturated heterocycles. The second kappa shape index (κ2) is 7.39. The molecule has 0 saturated carbocycles. The smallest absolute Gasteiger partial charge is 0.327 e. The number of nitrogens with one attached hydrogen (secondary N) is 1. The lowest BCUT2D eigenvalue weighted by molar-refractivity contribution is -0.139. The Labute approximate surface area is 158 Å². The summed E-state index contributed by atoms with van der Waals surface area (Å²) in [7, 11) is 0. The molecule has 1 aliphatic rings. The summed E-state index contributed by atoms with van der Waals surface area (Å²) in [5.41, 5.74) is 10.9. The number of benzene rings is 2. The largest absolute Gasteiger partial charge is 0.417 e. The van der Waals surface area contributed by atoms with E-state index < -0.39 is 11.7 Å². The van der Waals surface area contributed by atoms with Crippen molar-refractivity contribution in [2.45, 2.75) is 30.0 Å². The fourth-order valence-corrected chi connectivity index (χ4v) is 4.13. The number of fused-ring (bicyclic) bond motifs is 1. The van der Waals surface area contributed by atoms with Gasteiger partial charge in [-0.3, -0.25) is 5.14 Å². The zero-order valence-corrected chi connectivity index (χ0v) is 15.0. The molecule has 0 heterocycles. The van der Waals surface area contributed by atoms with Crippen molar-refractivity contribution in [2.24, 2.45) is 27.7 Å². The highest BCUT2D eigenvalue weighted by Gasteiger charge is 2.36. The van der Waals surface area contributed by atoms with Gasteiger partial charge in [0.1, 0.15) is 0 Å². The van der Waals surface area contributed by atoms with E-state index in [0.717, 1.165) is 22.8 Å². The van der Waals surface area contributed by atoms with Crippen LogP contribution in [0.4, 0.5) is 13.2 Å². The molecule has 1 unspecified atom stereocenters. The van der Waals surface area contributed by atoms with Crippen LogP contribution in [-0.2, 0) is 19.0 Å². The number of hydrogen-bond donors (Lipinski definition) is 5. The Morgan fingerprint density at radius 2 is 1.89 bits per heavy atom. The third kappa shape index (κ3) is 3.48. The van der Waals surface area contributed by atoms with Gasteiger partial charge < -0.3 is 17.0 Å². The predicted molar refractivity (Wildman–Crippen MR) is 100 cm³/mol. The van der Waals surface area contributed by atoms with Gasteiger partial charge in [0.15, 0.2) is 5.84 Å². The van der Waals surface area contributed by atoms with Crippen LogP contribution in [-0.4, -0.2) is 11.9 Å². The molecule has 9 N–H and O–H groups in total. The molecule has 144 valence electrons. The molecule has 1 aliphatic carbocycles. The molecule has 2 aromatic rings. The molecular formula is C17H19F3N6S. The van der Waals surface area contributed by atoms with Crippen molar-refractivity contribution >= 4 is 17.8 Å². The van der Waals surface area contributed by atoms with Gasteiger partial charge in [-0.05, 0) is 53.1 Å². The summed E-state index contributed by atoms with van der Waals surface area (Å²) in [5.74, 6) is 10.7. The minimum absolute atomic E-state index is 0.0299. The van der Waals surface area contributed by atoms with E-state index in [9.17, 15) is 13.2 Å². The highest BCUT2D eigenvalue weighted by molar-refractivity contribution is 7.97. The molecule has 0 spiro atoms. The summed E-state index contributed by atoms with van der Waals surface area (Å²) in [4.78, 5) is -0.206. The molecule has 0 radical (unpaired) electrons. The number of nitrogens with zero attached hydrogens (tertiary/aromatic N) is 1. The summed E-state index contributed by atoms with van der Waals surface area (Å²) in [6.07, 6.45) is -3.25. The Bertz CT molecular complexity index is 897. The molecule has 0 aromatic heterocycles. The van der Waals surface area contributed by atoms with Gasteiger partial charge in [-0.15, -0.1) is 0 Å². The lowest BCUT2D eigenvalue weighted by Crippen LogP contribution is -2.33. The van der Waals surface area contributed by atoms with Crippen LogP contribution in [0.15, 0.2) is 40.3 Å². The Morgan fingerprint density at radius 3 is 2.48 bits per heavy atom. The molecule has 27 heavy (non-hydrogen) atoms. The van der Waals surface area contributed by atoms with Gasteiger partial charge >= 0.3 is 6.18 Å². The number of halogens is 3. The Balaban J connectivity index is 2.34. The summed E-state index contributed by atoms with van der Waals surface area (Å²) < 4.78 is 40.5.